The highest BCUT2D eigenvalue weighted by molar-refractivity contribution is 6.33. The average molecular weight is 172 g/mol. The van der Waals surface area contributed by atoms with E-state index in [9.17, 15) is 9.59 Å². The molecule has 0 aliphatic carbocycles. The van der Waals surface area contributed by atoms with E-state index in [2.05, 4.69) is 0 Å². The van der Waals surface area contributed by atoms with Crippen LogP contribution in [0.3, 0.4) is 0 Å². The molecule has 0 saturated carbocycles. The largest absolute Gasteiger partial charge is 0.460 e. The van der Waals surface area contributed by atoms with Crippen LogP contribution in [-0.4, -0.2) is 18.4 Å². The van der Waals surface area contributed by atoms with Gasteiger partial charge in [0.15, 0.2) is 0 Å². The molecule has 0 radical (unpaired) electrons. The predicted octanol–water partition coefficient (Wildman–Crippen LogP) is 1.55. The fourth-order valence-corrected chi connectivity index (χ4v) is 0.652. The molecule has 12 heavy (non-hydrogen) atoms. The lowest BCUT2D eigenvalue weighted by Gasteiger charge is -2.05. The van der Waals surface area contributed by atoms with Gasteiger partial charge in [0.1, 0.15) is 0 Å². The Morgan fingerprint density at radius 3 is 2.33 bits per heavy atom. The van der Waals surface area contributed by atoms with Gasteiger partial charge in [-0.3, -0.25) is 4.79 Å². The second-order valence-corrected chi connectivity index (χ2v) is 3.17. The highest BCUT2D eigenvalue weighted by Gasteiger charge is 2.13. The van der Waals surface area contributed by atoms with Gasteiger partial charge in [0.05, 0.1) is 6.61 Å². The summed E-state index contributed by atoms with van der Waals surface area (Å²) in [5.74, 6) is -0.827. The van der Waals surface area contributed by atoms with Gasteiger partial charge < -0.3 is 4.74 Å². The molecule has 0 aromatic rings. The van der Waals surface area contributed by atoms with Gasteiger partial charge in [-0.15, -0.1) is 0 Å². The minimum atomic E-state index is -0.689. The Morgan fingerprint density at radius 1 is 1.33 bits per heavy atom. The smallest absolute Gasteiger partial charge is 0.374 e. The van der Waals surface area contributed by atoms with Gasteiger partial charge in [0.2, 0.25) is 5.78 Å². The minimum absolute atomic E-state index is 0.281. The van der Waals surface area contributed by atoms with Crippen LogP contribution in [0.1, 0.15) is 33.6 Å². The van der Waals surface area contributed by atoms with Gasteiger partial charge in [0, 0.05) is 6.42 Å². The average Bonchev–Trinajstić information content (AvgIpc) is 2.00. The molecule has 0 amide bonds. The quantitative estimate of drug-likeness (QED) is 0.467. The molecule has 0 N–H and O–H groups in total. The summed E-state index contributed by atoms with van der Waals surface area (Å²) in [6, 6.07) is 0. The first kappa shape index (κ1) is 11.1. The zero-order valence-corrected chi connectivity index (χ0v) is 7.92. The summed E-state index contributed by atoms with van der Waals surface area (Å²) in [5.41, 5.74) is 0. The van der Waals surface area contributed by atoms with Gasteiger partial charge in [0.25, 0.3) is 0 Å². The molecule has 0 heterocycles. The van der Waals surface area contributed by atoms with Gasteiger partial charge in [-0.1, -0.05) is 20.8 Å². The topological polar surface area (TPSA) is 43.4 Å². The van der Waals surface area contributed by atoms with Gasteiger partial charge >= 0.3 is 5.97 Å². The highest BCUT2D eigenvalue weighted by Crippen LogP contribution is 1.96. The van der Waals surface area contributed by atoms with Crippen molar-refractivity contribution in [2.75, 3.05) is 6.61 Å². The van der Waals surface area contributed by atoms with Crippen LogP contribution in [0.4, 0.5) is 0 Å². The lowest BCUT2D eigenvalue weighted by Crippen LogP contribution is -2.19. The molecule has 0 saturated heterocycles. The first-order valence-electron chi connectivity index (χ1n) is 4.27. The number of hydrogen-bond donors (Lipinski definition) is 0. The maximum atomic E-state index is 10.9. The molecule has 0 rings (SSSR count). The zero-order chi connectivity index (χ0) is 9.56. The van der Waals surface area contributed by atoms with Crippen molar-refractivity contribution < 1.29 is 14.3 Å². The molecule has 0 aromatic heterocycles. The van der Waals surface area contributed by atoms with Crippen molar-refractivity contribution in [1.29, 1.82) is 0 Å². The van der Waals surface area contributed by atoms with E-state index in [1.54, 1.807) is 0 Å². The molecule has 0 unspecified atom stereocenters. The van der Waals surface area contributed by atoms with Crippen LogP contribution >= 0.6 is 0 Å². The maximum Gasteiger partial charge on any atom is 0.374 e. The van der Waals surface area contributed by atoms with Gasteiger partial charge in [-0.25, -0.2) is 4.79 Å². The van der Waals surface area contributed by atoms with Crippen molar-refractivity contribution in [3.05, 3.63) is 0 Å². The van der Waals surface area contributed by atoms with Crippen molar-refractivity contribution in [3.8, 4) is 0 Å². The van der Waals surface area contributed by atoms with Gasteiger partial charge in [-0.2, -0.15) is 0 Å². The Hall–Kier alpha value is -0.860. The molecule has 0 fully saturated rings. The van der Waals surface area contributed by atoms with Crippen molar-refractivity contribution in [2.24, 2.45) is 5.92 Å². The van der Waals surface area contributed by atoms with Crippen molar-refractivity contribution in [1.82, 2.24) is 0 Å². The Bertz CT molecular complexity index is 161. The molecule has 0 aromatic carbocycles. The molecule has 3 heteroatoms. The number of carbonyl (C=O) groups excluding carboxylic acids is 2. The Kier molecular flexibility index (Phi) is 5.34. The number of ether oxygens (including phenoxy) is 1. The predicted molar refractivity (Wildman–Crippen MR) is 45.7 cm³/mol. The number of rotatable bonds is 5. The van der Waals surface area contributed by atoms with E-state index in [1.165, 1.54) is 0 Å². The maximum absolute atomic E-state index is 10.9. The second-order valence-electron chi connectivity index (χ2n) is 3.17. The first-order chi connectivity index (χ1) is 5.57. The first-order valence-corrected chi connectivity index (χ1v) is 4.27. The summed E-state index contributed by atoms with van der Waals surface area (Å²) in [6.45, 7) is 6.04. The van der Waals surface area contributed by atoms with E-state index in [1.807, 2.05) is 20.8 Å². The molecular weight excluding hydrogens is 156 g/mol. The molecule has 0 aliphatic rings. The van der Waals surface area contributed by atoms with Crippen molar-refractivity contribution in [2.45, 2.75) is 33.6 Å². The van der Waals surface area contributed by atoms with Crippen molar-refractivity contribution in [3.63, 3.8) is 0 Å². The normalized spacial score (nSPS) is 10.0. The highest BCUT2D eigenvalue weighted by atomic mass is 16.5. The molecule has 0 atom stereocenters. The number of ketones is 1. The monoisotopic (exact) mass is 172 g/mol. The summed E-state index contributed by atoms with van der Waals surface area (Å²) in [6.07, 6.45) is 0.979. The Labute approximate surface area is 73.1 Å². The number of Topliss-reactive ketones (excluding diaryl/α,β-unsaturated/α-hetero) is 1. The van der Waals surface area contributed by atoms with E-state index < -0.39 is 11.8 Å². The summed E-state index contributed by atoms with van der Waals surface area (Å²) < 4.78 is 4.73. The van der Waals surface area contributed by atoms with Crippen LogP contribution in [0, 0.1) is 5.92 Å². The minimum Gasteiger partial charge on any atom is -0.460 e. The lowest BCUT2D eigenvalue weighted by atomic mass is 10.2. The molecule has 0 bridgehead atoms. The molecule has 3 nitrogen and oxygen atoms in total. The van der Waals surface area contributed by atoms with Crippen LogP contribution in [0.5, 0.6) is 0 Å². The Balaban J connectivity index is 3.65. The fraction of sp³-hybridized carbons (Fsp3) is 0.778. The lowest BCUT2D eigenvalue weighted by molar-refractivity contribution is -0.154. The van der Waals surface area contributed by atoms with Crippen LogP contribution in [0.2, 0.25) is 0 Å². The molecule has 70 valence electrons. The van der Waals surface area contributed by atoms with Crippen molar-refractivity contribution >= 4 is 11.8 Å². The molecule has 0 spiro atoms. The van der Waals surface area contributed by atoms with E-state index in [0.717, 1.165) is 0 Å². The van der Waals surface area contributed by atoms with Crippen LogP contribution in [-0.2, 0) is 14.3 Å². The summed E-state index contributed by atoms with van der Waals surface area (Å²) in [5, 5.41) is 0. The second kappa shape index (κ2) is 5.75. The van der Waals surface area contributed by atoms with E-state index in [0.29, 0.717) is 13.0 Å². The third-order valence-corrected chi connectivity index (χ3v) is 1.25. The molecular formula is C9H16O3. The van der Waals surface area contributed by atoms with E-state index in [4.69, 9.17) is 4.74 Å². The SMILES string of the molecule is CCCC(=O)C(=O)OCC(C)C. The number of hydrogen-bond acceptors (Lipinski definition) is 3. The summed E-state index contributed by atoms with van der Waals surface area (Å²) >= 11 is 0. The van der Waals surface area contributed by atoms with Crippen LogP contribution in [0.25, 0.3) is 0 Å². The summed E-state index contributed by atoms with van der Waals surface area (Å²) in [7, 11) is 0. The number of carbonyl (C=O) groups is 2. The van der Waals surface area contributed by atoms with Crippen LogP contribution < -0.4 is 0 Å². The van der Waals surface area contributed by atoms with Gasteiger partial charge in [-0.05, 0) is 12.3 Å². The Morgan fingerprint density at radius 2 is 1.92 bits per heavy atom. The zero-order valence-electron chi connectivity index (χ0n) is 7.92. The van der Waals surface area contributed by atoms with Crippen LogP contribution in [0.15, 0.2) is 0 Å². The molecule has 0 aliphatic heterocycles. The fourth-order valence-electron chi connectivity index (χ4n) is 0.652. The summed E-state index contributed by atoms with van der Waals surface area (Å²) in [4.78, 5) is 21.7. The standard InChI is InChI=1S/C9H16O3/c1-4-5-8(10)9(11)12-6-7(2)3/h7H,4-6H2,1-3H3. The number of esters is 1. The third-order valence-electron chi connectivity index (χ3n) is 1.25. The van der Waals surface area contributed by atoms with E-state index >= 15 is 0 Å². The third kappa shape index (κ3) is 4.88. The van der Waals surface area contributed by atoms with E-state index in [-0.39, 0.29) is 12.3 Å².